The molecule has 0 radical (unpaired) electrons. The van der Waals surface area contributed by atoms with Gasteiger partial charge in [0.05, 0.1) is 66.8 Å². The fraction of sp³-hybridized carbons (Fsp3) is 0.105. The predicted octanol–water partition coefficient (Wildman–Crippen LogP) is 10.3. The first-order valence-corrected chi connectivity index (χ1v) is 14.3. The number of aryl methyl sites for hydroxylation is 2. The molecular formula is C38H12F6N8. The first kappa shape index (κ1) is 35.4. The van der Waals surface area contributed by atoms with Crippen LogP contribution in [0.5, 0.6) is 0 Å². The van der Waals surface area contributed by atoms with E-state index < -0.39 is 90.8 Å². The summed E-state index contributed by atoms with van der Waals surface area (Å²) in [6.45, 7) is 34.2. The maximum absolute atomic E-state index is 14.3. The highest BCUT2D eigenvalue weighted by molar-refractivity contribution is 6.22. The molecule has 0 amide bonds. The molecule has 0 N–H and O–H groups in total. The fourth-order valence-electron chi connectivity index (χ4n) is 6.41. The van der Waals surface area contributed by atoms with Gasteiger partial charge in [0.2, 0.25) is 5.70 Å². The van der Waals surface area contributed by atoms with E-state index in [1.54, 1.807) is 24.3 Å². The summed E-state index contributed by atoms with van der Waals surface area (Å²) in [7, 11) is 0. The van der Waals surface area contributed by atoms with Crippen molar-refractivity contribution in [3.8, 4) is 46.5 Å². The molecule has 52 heavy (non-hydrogen) atoms. The van der Waals surface area contributed by atoms with Crippen molar-refractivity contribution in [2.75, 3.05) is 0 Å². The lowest BCUT2D eigenvalue weighted by molar-refractivity contribution is -0.138. The third kappa shape index (κ3) is 5.28. The molecule has 0 saturated carbocycles. The Hall–Kier alpha value is -7.88. The molecule has 0 bridgehead atoms. The average molecular weight is 695 g/mol. The SMILES string of the molecule is [C-]#[N+]C1=C([N+]#[C-])c2c(c(-c3cc(C)cc(C(F)(F)F)c3)c3c(c2-c2cc(C)cc(C(F)(F)F)c2)/C(=C(/C#N)[N+]#[C-])C(C#N)=C3C#N)/C1=C(\C#N)[N+]#[C-]. The zero-order chi connectivity index (χ0) is 38.4. The molecule has 3 aromatic carbocycles. The molecule has 246 valence electrons. The third-order valence-electron chi connectivity index (χ3n) is 8.19. The lowest BCUT2D eigenvalue weighted by Gasteiger charge is -2.25. The second-order valence-corrected chi connectivity index (χ2v) is 11.2. The molecule has 5 rings (SSSR count). The molecule has 0 aromatic heterocycles. The van der Waals surface area contributed by atoms with E-state index in [1.165, 1.54) is 26.0 Å². The number of allylic oxidation sites excluding steroid dienone is 6. The Labute approximate surface area is 291 Å². The van der Waals surface area contributed by atoms with Gasteiger partial charge in [-0.25, -0.2) is 25.1 Å². The summed E-state index contributed by atoms with van der Waals surface area (Å²) < 4.78 is 85.7. The molecule has 0 atom stereocenters. The van der Waals surface area contributed by atoms with Crippen LogP contribution in [-0.2, 0) is 12.4 Å². The summed E-state index contributed by atoms with van der Waals surface area (Å²) in [5.74, 6) is 0. The molecule has 14 heteroatoms. The quantitative estimate of drug-likeness (QED) is 0.151. The number of halogens is 6. The number of rotatable bonds is 2. The van der Waals surface area contributed by atoms with Gasteiger partial charge in [0.1, 0.15) is 6.07 Å². The molecule has 0 saturated heterocycles. The first-order chi connectivity index (χ1) is 24.6. The van der Waals surface area contributed by atoms with Crippen LogP contribution in [0, 0.1) is 85.5 Å². The van der Waals surface area contributed by atoms with Crippen LogP contribution < -0.4 is 0 Å². The van der Waals surface area contributed by atoms with Crippen LogP contribution in [-0.4, -0.2) is 0 Å². The molecular weight excluding hydrogens is 682 g/mol. The van der Waals surface area contributed by atoms with Crippen molar-refractivity contribution < 1.29 is 26.3 Å². The van der Waals surface area contributed by atoms with Crippen molar-refractivity contribution in [3.63, 3.8) is 0 Å². The Balaban J connectivity index is 2.32. The summed E-state index contributed by atoms with van der Waals surface area (Å²) in [6, 6.07) is 12.2. The normalized spacial score (nSPS) is 15.1. The zero-order valence-corrected chi connectivity index (χ0v) is 26.3. The largest absolute Gasteiger partial charge is 0.416 e. The van der Waals surface area contributed by atoms with E-state index >= 15 is 0 Å². The number of hydrogen-bond donors (Lipinski definition) is 0. The Kier molecular flexibility index (Phi) is 8.54. The molecule has 0 fully saturated rings. The summed E-state index contributed by atoms with van der Waals surface area (Å²) in [5, 5.41) is 41.0. The van der Waals surface area contributed by atoms with Gasteiger partial charge in [0.15, 0.2) is 5.70 Å². The smallest absolute Gasteiger partial charge is 0.251 e. The van der Waals surface area contributed by atoms with Crippen LogP contribution in [0.4, 0.5) is 26.3 Å². The van der Waals surface area contributed by atoms with E-state index in [1.807, 2.05) is 0 Å². The minimum Gasteiger partial charge on any atom is -0.251 e. The average Bonchev–Trinajstić information content (AvgIpc) is 3.59. The zero-order valence-electron chi connectivity index (χ0n) is 26.3. The standard InChI is InChI=1S/C38H12F6N8/c1-17-7-19(11-21(9-17)37(39,40)41)27-30-24(14-46)23(13-45)29(25(15-47)49-3)32(30)28(20-8-18(2)10-22(12-20)38(42,43)44)34-33(27)31(26(16-48)50-4)35(51-5)36(34)52-6/h7-12H,1-2H3/b29-25-,31-26-. The van der Waals surface area contributed by atoms with E-state index in [-0.39, 0.29) is 33.4 Å². The monoisotopic (exact) mass is 694 g/mol. The second kappa shape index (κ2) is 12.5. The van der Waals surface area contributed by atoms with Crippen LogP contribution in [0.1, 0.15) is 44.5 Å². The van der Waals surface area contributed by atoms with Gasteiger partial charge < -0.3 is 0 Å². The number of fused-ring (bicyclic) bond motifs is 2. The molecule has 2 aliphatic carbocycles. The van der Waals surface area contributed by atoms with Gasteiger partial charge in [-0.1, -0.05) is 12.1 Å². The molecule has 0 aliphatic heterocycles. The summed E-state index contributed by atoms with van der Waals surface area (Å²) >= 11 is 0. The molecule has 3 aromatic rings. The van der Waals surface area contributed by atoms with Crippen molar-refractivity contribution in [2.45, 2.75) is 26.2 Å². The number of nitriles is 4. The van der Waals surface area contributed by atoms with Gasteiger partial charge in [0.25, 0.3) is 11.4 Å². The van der Waals surface area contributed by atoms with Crippen molar-refractivity contribution in [1.29, 1.82) is 21.0 Å². The van der Waals surface area contributed by atoms with Crippen molar-refractivity contribution in [3.05, 3.63) is 149 Å². The van der Waals surface area contributed by atoms with E-state index in [0.29, 0.717) is 12.1 Å². The maximum Gasteiger partial charge on any atom is 0.416 e. The van der Waals surface area contributed by atoms with Crippen LogP contribution in [0.25, 0.3) is 64.1 Å². The van der Waals surface area contributed by atoms with Gasteiger partial charge >= 0.3 is 12.4 Å². The fourth-order valence-corrected chi connectivity index (χ4v) is 6.41. The van der Waals surface area contributed by atoms with Crippen molar-refractivity contribution in [2.24, 2.45) is 0 Å². The Morgan fingerprint density at radius 2 is 0.962 bits per heavy atom. The summed E-state index contributed by atoms with van der Waals surface area (Å²) in [4.78, 5) is 13.2. The second-order valence-electron chi connectivity index (χ2n) is 11.2. The third-order valence-corrected chi connectivity index (χ3v) is 8.19. The number of benzene rings is 3. The van der Waals surface area contributed by atoms with Gasteiger partial charge in [-0.05, 0) is 93.8 Å². The minimum atomic E-state index is -4.95. The van der Waals surface area contributed by atoms with E-state index in [2.05, 4.69) is 19.4 Å². The maximum atomic E-state index is 14.3. The Morgan fingerprint density at radius 3 is 1.35 bits per heavy atom. The highest BCUT2D eigenvalue weighted by Crippen LogP contribution is 2.60. The van der Waals surface area contributed by atoms with Gasteiger partial charge in [-0.2, -0.15) is 36.9 Å². The van der Waals surface area contributed by atoms with Gasteiger partial charge in [-0.15, -0.1) is 0 Å². The lowest BCUT2D eigenvalue weighted by atomic mass is 9.78. The molecule has 0 unspecified atom stereocenters. The van der Waals surface area contributed by atoms with Gasteiger partial charge in [-0.3, -0.25) is 4.85 Å². The number of alkyl halides is 6. The highest BCUT2D eigenvalue weighted by Gasteiger charge is 2.44. The number of nitrogens with zero attached hydrogens (tertiary/aromatic N) is 8. The Bertz CT molecular complexity index is 2480. The van der Waals surface area contributed by atoms with Crippen LogP contribution in [0.3, 0.4) is 0 Å². The van der Waals surface area contributed by atoms with Crippen molar-refractivity contribution in [1.82, 2.24) is 0 Å². The van der Waals surface area contributed by atoms with E-state index in [4.69, 9.17) is 26.3 Å². The van der Waals surface area contributed by atoms with E-state index in [0.717, 1.165) is 12.1 Å². The summed E-state index contributed by atoms with van der Waals surface area (Å²) in [5.41, 5.74) is -10.6. The number of hydrogen-bond acceptors (Lipinski definition) is 4. The summed E-state index contributed by atoms with van der Waals surface area (Å²) in [6.07, 6.45) is -9.90. The predicted molar refractivity (Wildman–Crippen MR) is 173 cm³/mol. The first-order valence-electron chi connectivity index (χ1n) is 14.3. The van der Waals surface area contributed by atoms with Crippen molar-refractivity contribution >= 4 is 22.4 Å². The van der Waals surface area contributed by atoms with Crippen LogP contribution in [0.15, 0.2) is 59.1 Å². The molecule has 8 nitrogen and oxygen atoms in total. The van der Waals surface area contributed by atoms with Crippen LogP contribution >= 0.6 is 0 Å². The van der Waals surface area contributed by atoms with Crippen LogP contribution in [0.2, 0.25) is 0 Å². The Morgan fingerprint density at radius 1 is 0.538 bits per heavy atom. The lowest BCUT2D eigenvalue weighted by Crippen LogP contribution is -2.08. The molecule has 0 spiro atoms. The highest BCUT2D eigenvalue weighted by atomic mass is 19.4. The topological polar surface area (TPSA) is 113 Å². The van der Waals surface area contributed by atoms with E-state index in [9.17, 15) is 47.4 Å². The molecule has 0 heterocycles. The van der Waals surface area contributed by atoms with Gasteiger partial charge in [0, 0.05) is 11.1 Å². The minimum absolute atomic E-state index is 0.0125. The molecule has 2 aliphatic rings.